The Kier molecular flexibility index (Phi) is 6.92. The molecule has 0 atom stereocenters. The van der Waals surface area contributed by atoms with Crippen LogP contribution in [0, 0.1) is 13.8 Å². The molecule has 7 nitrogen and oxygen atoms in total. The van der Waals surface area contributed by atoms with Gasteiger partial charge in [-0.25, -0.2) is 0 Å². The molecule has 0 unspecified atom stereocenters. The third kappa shape index (κ3) is 4.90. The minimum absolute atomic E-state index is 0.0888. The summed E-state index contributed by atoms with van der Waals surface area (Å²) < 4.78 is 7.39. The first-order chi connectivity index (χ1) is 14.4. The number of fused-ring (bicyclic) bond motifs is 1. The highest BCUT2D eigenvalue weighted by atomic mass is 16.5. The Morgan fingerprint density at radius 1 is 1.30 bits per heavy atom. The maximum Gasteiger partial charge on any atom is 0.253 e. The van der Waals surface area contributed by atoms with Gasteiger partial charge in [0, 0.05) is 31.0 Å². The van der Waals surface area contributed by atoms with Gasteiger partial charge in [-0.1, -0.05) is 25.5 Å². The second-order valence-corrected chi connectivity index (χ2v) is 7.62. The zero-order valence-corrected chi connectivity index (χ0v) is 18.2. The largest absolute Gasteiger partial charge is 0.494 e. The third-order valence-electron chi connectivity index (χ3n) is 5.31. The molecule has 0 aliphatic carbocycles. The molecule has 0 bridgehead atoms. The summed E-state index contributed by atoms with van der Waals surface area (Å²) in [6.45, 7) is 7.09. The molecule has 0 aliphatic heterocycles. The first kappa shape index (κ1) is 21.6. The molecule has 0 aliphatic rings. The van der Waals surface area contributed by atoms with E-state index >= 15 is 0 Å². The number of H-pyrrole nitrogens is 1. The summed E-state index contributed by atoms with van der Waals surface area (Å²) in [5, 5.41) is 8.26. The van der Waals surface area contributed by atoms with E-state index < -0.39 is 0 Å². The van der Waals surface area contributed by atoms with E-state index in [0.717, 1.165) is 40.8 Å². The van der Waals surface area contributed by atoms with Gasteiger partial charge >= 0.3 is 0 Å². The van der Waals surface area contributed by atoms with Gasteiger partial charge in [-0.05, 0) is 49.9 Å². The van der Waals surface area contributed by atoms with Crippen LogP contribution in [-0.4, -0.2) is 27.3 Å². The third-order valence-corrected chi connectivity index (χ3v) is 5.31. The highest BCUT2D eigenvalue weighted by Gasteiger charge is 2.15. The van der Waals surface area contributed by atoms with Crippen molar-refractivity contribution in [3.63, 3.8) is 0 Å². The van der Waals surface area contributed by atoms with Gasteiger partial charge in [0.05, 0.1) is 12.3 Å². The fourth-order valence-electron chi connectivity index (χ4n) is 3.66. The smallest absolute Gasteiger partial charge is 0.253 e. The van der Waals surface area contributed by atoms with Crippen LogP contribution < -0.4 is 15.6 Å². The number of pyridine rings is 1. The molecule has 0 saturated carbocycles. The Morgan fingerprint density at radius 2 is 2.10 bits per heavy atom. The molecule has 2 N–H and O–H groups in total. The van der Waals surface area contributed by atoms with Gasteiger partial charge in [-0.15, -0.1) is 0 Å². The van der Waals surface area contributed by atoms with Crippen molar-refractivity contribution in [1.82, 2.24) is 20.1 Å². The predicted octanol–water partition coefficient (Wildman–Crippen LogP) is 3.31. The number of hydrogen-bond acceptors (Lipinski definition) is 4. The average Bonchev–Trinajstić information content (AvgIpc) is 3.00. The first-order valence-corrected chi connectivity index (χ1v) is 10.4. The number of hydrogen-bond donors (Lipinski definition) is 2. The lowest BCUT2D eigenvalue weighted by molar-refractivity contribution is -0.121. The highest BCUT2D eigenvalue weighted by Crippen LogP contribution is 2.21. The molecule has 0 fully saturated rings. The lowest BCUT2D eigenvalue weighted by Crippen LogP contribution is -2.24. The minimum atomic E-state index is -0.160. The summed E-state index contributed by atoms with van der Waals surface area (Å²) in [5.74, 6) is 0.728. The van der Waals surface area contributed by atoms with Gasteiger partial charge in [-0.3, -0.25) is 14.3 Å². The van der Waals surface area contributed by atoms with Crippen LogP contribution in [0.25, 0.3) is 11.0 Å². The summed E-state index contributed by atoms with van der Waals surface area (Å²) >= 11 is 0. The number of nitrogens with one attached hydrogen (secondary N) is 2. The lowest BCUT2D eigenvalue weighted by atomic mass is 10.0. The van der Waals surface area contributed by atoms with Crippen molar-refractivity contribution in [3.05, 3.63) is 57.0 Å². The van der Waals surface area contributed by atoms with Crippen LogP contribution in [0.3, 0.4) is 0 Å². The Bertz CT molecular complexity index is 1100. The quantitative estimate of drug-likeness (QED) is 0.530. The molecule has 1 amide bonds. The number of rotatable bonds is 9. The number of amides is 1. The zero-order chi connectivity index (χ0) is 21.7. The van der Waals surface area contributed by atoms with Gasteiger partial charge in [-0.2, -0.15) is 5.10 Å². The topological polar surface area (TPSA) is 89.0 Å². The summed E-state index contributed by atoms with van der Waals surface area (Å²) in [7, 11) is 1.81. The standard InChI is InChI=1S/C23H30N4O3/c1-5-6-12-30-18-9-7-8-17(13-18)14-24-20(28)11-10-19-15(2)21-16(3)26-27(4)22(21)25-23(19)29/h7-9,13H,5-6,10-12,14H2,1-4H3,(H,24,28)(H,25,29). The molecule has 0 saturated heterocycles. The summed E-state index contributed by atoms with van der Waals surface area (Å²) in [4.78, 5) is 27.8. The van der Waals surface area contributed by atoms with Crippen molar-refractivity contribution in [2.24, 2.45) is 7.05 Å². The van der Waals surface area contributed by atoms with Crippen LogP contribution in [0.4, 0.5) is 0 Å². The number of unbranched alkanes of at least 4 members (excludes halogenated alkanes) is 1. The molecule has 7 heteroatoms. The van der Waals surface area contributed by atoms with Crippen LogP contribution in [0.15, 0.2) is 29.1 Å². The van der Waals surface area contributed by atoms with Crippen LogP contribution in [0.1, 0.15) is 48.6 Å². The Hall–Kier alpha value is -3.09. The van der Waals surface area contributed by atoms with Crippen molar-refractivity contribution in [2.45, 2.75) is 53.0 Å². The maximum absolute atomic E-state index is 12.5. The van der Waals surface area contributed by atoms with Crippen LogP contribution >= 0.6 is 0 Å². The fourth-order valence-corrected chi connectivity index (χ4v) is 3.66. The predicted molar refractivity (Wildman–Crippen MR) is 118 cm³/mol. The van der Waals surface area contributed by atoms with Crippen molar-refractivity contribution in [3.8, 4) is 5.75 Å². The van der Waals surface area contributed by atoms with Gasteiger partial charge in [0.1, 0.15) is 11.4 Å². The van der Waals surface area contributed by atoms with Crippen LogP contribution in [0.2, 0.25) is 0 Å². The number of aromatic nitrogens is 3. The van der Waals surface area contributed by atoms with E-state index in [1.807, 2.05) is 45.2 Å². The summed E-state index contributed by atoms with van der Waals surface area (Å²) in [6, 6.07) is 7.76. The first-order valence-electron chi connectivity index (χ1n) is 10.4. The van der Waals surface area contributed by atoms with E-state index in [1.165, 1.54) is 0 Å². The summed E-state index contributed by atoms with van der Waals surface area (Å²) in [6.07, 6.45) is 2.74. The van der Waals surface area contributed by atoms with Crippen molar-refractivity contribution < 1.29 is 9.53 Å². The second kappa shape index (κ2) is 9.61. The molecular weight excluding hydrogens is 380 g/mol. The molecule has 3 aromatic rings. The Morgan fingerprint density at radius 3 is 2.87 bits per heavy atom. The molecule has 2 aromatic heterocycles. The lowest BCUT2D eigenvalue weighted by Gasteiger charge is -2.10. The van der Waals surface area contributed by atoms with Gasteiger partial charge in [0.25, 0.3) is 5.56 Å². The number of ether oxygens (including phenoxy) is 1. The highest BCUT2D eigenvalue weighted by molar-refractivity contribution is 5.83. The minimum Gasteiger partial charge on any atom is -0.494 e. The molecule has 3 rings (SSSR count). The molecule has 2 heterocycles. The zero-order valence-electron chi connectivity index (χ0n) is 18.2. The molecule has 0 radical (unpaired) electrons. The number of carbonyl (C=O) groups excluding carboxylic acids is 1. The number of carbonyl (C=O) groups is 1. The van der Waals surface area contributed by atoms with E-state index in [1.54, 1.807) is 4.68 Å². The van der Waals surface area contributed by atoms with E-state index in [0.29, 0.717) is 30.8 Å². The number of aromatic amines is 1. The van der Waals surface area contributed by atoms with Gasteiger partial charge < -0.3 is 15.0 Å². The molecule has 1 aromatic carbocycles. The molecule has 0 spiro atoms. The molecule has 30 heavy (non-hydrogen) atoms. The maximum atomic E-state index is 12.5. The number of aryl methyl sites for hydroxylation is 3. The Balaban J connectivity index is 1.60. The van der Waals surface area contributed by atoms with Gasteiger partial charge in [0.2, 0.25) is 5.91 Å². The van der Waals surface area contributed by atoms with E-state index in [9.17, 15) is 9.59 Å². The fraction of sp³-hybridized carbons (Fsp3) is 0.435. The monoisotopic (exact) mass is 410 g/mol. The van der Waals surface area contributed by atoms with Crippen molar-refractivity contribution in [2.75, 3.05) is 6.61 Å². The summed E-state index contributed by atoms with van der Waals surface area (Å²) in [5.41, 5.74) is 3.94. The molecule has 160 valence electrons. The SMILES string of the molecule is CCCCOc1cccc(CNC(=O)CCc2c(C)c3c(C)nn(C)c3[nH]c2=O)c1. The normalized spacial score (nSPS) is 11.1. The number of benzene rings is 1. The number of nitrogens with zero attached hydrogens (tertiary/aromatic N) is 2. The van der Waals surface area contributed by atoms with Gasteiger partial charge in [0.15, 0.2) is 0 Å². The Labute approximate surface area is 176 Å². The second-order valence-electron chi connectivity index (χ2n) is 7.62. The van der Waals surface area contributed by atoms with E-state index in [-0.39, 0.29) is 17.9 Å². The van der Waals surface area contributed by atoms with Crippen molar-refractivity contribution in [1.29, 1.82) is 0 Å². The average molecular weight is 411 g/mol. The van der Waals surface area contributed by atoms with E-state index in [2.05, 4.69) is 22.3 Å². The van der Waals surface area contributed by atoms with Crippen LogP contribution in [0.5, 0.6) is 5.75 Å². The van der Waals surface area contributed by atoms with Crippen molar-refractivity contribution >= 4 is 16.9 Å². The van der Waals surface area contributed by atoms with E-state index in [4.69, 9.17) is 4.74 Å². The van der Waals surface area contributed by atoms with Crippen LogP contribution in [-0.2, 0) is 24.8 Å². The molecular formula is C23H30N4O3.